The summed E-state index contributed by atoms with van der Waals surface area (Å²) in [6.45, 7) is 2.94. The molecule has 3 aromatic rings. The normalized spacial score (nSPS) is 15.4. The number of hydrogen-bond acceptors (Lipinski definition) is 5. The molecule has 1 atom stereocenters. The summed E-state index contributed by atoms with van der Waals surface area (Å²) >= 11 is 0. The van der Waals surface area contributed by atoms with Crippen molar-refractivity contribution in [3.8, 4) is 22.8 Å². The summed E-state index contributed by atoms with van der Waals surface area (Å²) < 4.78 is 16.1. The van der Waals surface area contributed by atoms with Gasteiger partial charge >= 0.3 is 0 Å². The monoisotopic (exact) mass is 407 g/mol. The second kappa shape index (κ2) is 8.20. The van der Waals surface area contributed by atoms with E-state index in [1.165, 1.54) is 5.56 Å². The number of aryl methyl sites for hydroxylation is 1. The SMILES string of the molecule is COCCN1C(=O)c2[nH]nc(-c3ccc(C)cc3)c2C1c1ccc(OC)c(OC)c1. The summed E-state index contributed by atoms with van der Waals surface area (Å²) in [7, 11) is 4.83. The fourth-order valence-electron chi connectivity index (χ4n) is 3.92. The Balaban J connectivity index is 1.86. The van der Waals surface area contributed by atoms with E-state index in [2.05, 4.69) is 10.2 Å². The number of aromatic nitrogens is 2. The summed E-state index contributed by atoms with van der Waals surface area (Å²) in [5.41, 5.74) is 5.21. The molecule has 4 rings (SSSR count). The number of nitrogens with zero attached hydrogens (tertiary/aromatic N) is 2. The smallest absolute Gasteiger partial charge is 0.273 e. The number of hydrogen-bond donors (Lipinski definition) is 1. The van der Waals surface area contributed by atoms with E-state index >= 15 is 0 Å². The number of methoxy groups -OCH3 is 3. The number of benzene rings is 2. The standard InChI is InChI=1S/C23H25N3O4/c1-14-5-7-15(8-6-14)20-19-21(25-24-20)23(27)26(11-12-28-2)22(19)16-9-10-17(29-3)18(13-16)30-4/h5-10,13,22H,11-12H2,1-4H3,(H,24,25). The second-order valence-electron chi connectivity index (χ2n) is 7.24. The molecule has 30 heavy (non-hydrogen) atoms. The molecule has 1 aliphatic rings. The van der Waals surface area contributed by atoms with Crippen LogP contribution in [-0.2, 0) is 4.74 Å². The molecule has 7 nitrogen and oxygen atoms in total. The topological polar surface area (TPSA) is 76.7 Å². The molecule has 0 spiro atoms. The summed E-state index contributed by atoms with van der Waals surface area (Å²) in [5.74, 6) is 1.16. The van der Waals surface area contributed by atoms with Crippen molar-refractivity contribution in [1.29, 1.82) is 0 Å². The molecule has 7 heteroatoms. The molecule has 0 saturated carbocycles. The number of fused-ring (bicyclic) bond motifs is 1. The van der Waals surface area contributed by atoms with Crippen molar-refractivity contribution < 1.29 is 19.0 Å². The molecule has 156 valence electrons. The van der Waals surface area contributed by atoms with Gasteiger partial charge in [0.15, 0.2) is 11.5 Å². The van der Waals surface area contributed by atoms with Gasteiger partial charge in [0, 0.05) is 24.8 Å². The number of ether oxygens (including phenoxy) is 3. The van der Waals surface area contributed by atoms with Crippen LogP contribution in [0, 0.1) is 6.92 Å². The van der Waals surface area contributed by atoms with Crippen LogP contribution in [0.5, 0.6) is 11.5 Å². The molecule has 1 aliphatic heterocycles. The number of H-pyrrole nitrogens is 1. The van der Waals surface area contributed by atoms with E-state index in [0.717, 1.165) is 22.4 Å². The highest BCUT2D eigenvalue weighted by Gasteiger charge is 2.42. The van der Waals surface area contributed by atoms with E-state index in [0.29, 0.717) is 30.3 Å². The van der Waals surface area contributed by atoms with Gasteiger partial charge < -0.3 is 19.1 Å². The Morgan fingerprint density at radius 3 is 2.43 bits per heavy atom. The van der Waals surface area contributed by atoms with Crippen LogP contribution in [0.15, 0.2) is 42.5 Å². The van der Waals surface area contributed by atoms with Crippen molar-refractivity contribution in [2.24, 2.45) is 0 Å². The fraction of sp³-hybridized carbons (Fsp3) is 0.304. The Hall–Kier alpha value is -3.32. The van der Waals surface area contributed by atoms with Crippen molar-refractivity contribution in [3.05, 3.63) is 64.8 Å². The number of amides is 1. The Morgan fingerprint density at radius 1 is 1.03 bits per heavy atom. The third-order valence-corrected chi connectivity index (χ3v) is 5.45. The predicted molar refractivity (Wildman–Crippen MR) is 113 cm³/mol. The van der Waals surface area contributed by atoms with Gasteiger partial charge in [0.25, 0.3) is 5.91 Å². The number of carbonyl (C=O) groups excluding carboxylic acids is 1. The van der Waals surface area contributed by atoms with Gasteiger partial charge in [-0.1, -0.05) is 35.9 Å². The summed E-state index contributed by atoms with van der Waals surface area (Å²) in [6, 6.07) is 13.6. The van der Waals surface area contributed by atoms with Crippen LogP contribution < -0.4 is 9.47 Å². The highest BCUT2D eigenvalue weighted by atomic mass is 16.5. The fourth-order valence-corrected chi connectivity index (χ4v) is 3.92. The summed E-state index contributed by atoms with van der Waals surface area (Å²) in [6.07, 6.45) is 0. The van der Waals surface area contributed by atoms with E-state index in [4.69, 9.17) is 14.2 Å². The van der Waals surface area contributed by atoms with Gasteiger partial charge in [-0.15, -0.1) is 0 Å². The van der Waals surface area contributed by atoms with Crippen LogP contribution in [0.4, 0.5) is 0 Å². The quantitative estimate of drug-likeness (QED) is 0.648. The first-order chi connectivity index (χ1) is 14.6. The van der Waals surface area contributed by atoms with Crippen LogP contribution in [0.2, 0.25) is 0 Å². The zero-order valence-electron chi connectivity index (χ0n) is 17.6. The predicted octanol–water partition coefficient (Wildman–Crippen LogP) is 3.59. The van der Waals surface area contributed by atoms with Crippen LogP contribution in [-0.4, -0.2) is 55.5 Å². The van der Waals surface area contributed by atoms with E-state index in [-0.39, 0.29) is 11.9 Å². The van der Waals surface area contributed by atoms with Crippen LogP contribution >= 0.6 is 0 Å². The molecule has 0 radical (unpaired) electrons. The molecular formula is C23H25N3O4. The first kappa shape index (κ1) is 20.0. The van der Waals surface area contributed by atoms with Crippen LogP contribution in [0.1, 0.15) is 33.2 Å². The molecule has 0 saturated heterocycles. The molecule has 1 aromatic heterocycles. The lowest BCUT2D eigenvalue weighted by atomic mass is 9.95. The number of carbonyl (C=O) groups is 1. The van der Waals surface area contributed by atoms with Gasteiger partial charge in [-0.25, -0.2) is 0 Å². The maximum absolute atomic E-state index is 13.2. The van der Waals surface area contributed by atoms with Crippen molar-refractivity contribution in [1.82, 2.24) is 15.1 Å². The molecule has 1 N–H and O–H groups in total. The van der Waals surface area contributed by atoms with E-state index in [9.17, 15) is 4.79 Å². The number of aromatic amines is 1. The lowest BCUT2D eigenvalue weighted by molar-refractivity contribution is 0.0677. The number of nitrogens with one attached hydrogen (secondary N) is 1. The van der Waals surface area contributed by atoms with Gasteiger partial charge in [-0.3, -0.25) is 9.89 Å². The van der Waals surface area contributed by atoms with Gasteiger partial charge in [0.1, 0.15) is 5.69 Å². The highest BCUT2D eigenvalue weighted by Crippen LogP contribution is 2.44. The molecule has 2 aromatic carbocycles. The van der Waals surface area contributed by atoms with Gasteiger partial charge in [-0.2, -0.15) is 5.10 Å². The van der Waals surface area contributed by atoms with E-state index in [1.54, 1.807) is 21.3 Å². The first-order valence-electron chi connectivity index (χ1n) is 9.76. The minimum Gasteiger partial charge on any atom is -0.493 e. The largest absolute Gasteiger partial charge is 0.493 e. The van der Waals surface area contributed by atoms with Gasteiger partial charge in [-0.05, 0) is 24.6 Å². The van der Waals surface area contributed by atoms with Gasteiger partial charge in [0.05, 0.1) is 32.6 Å². The average Bonchev–Trinajstić information content (AvgIpc) is 3.31. The average molecular weight is 407 g/mol. The van der Waals surface area contributed by atoms with E-state index in [1.807, 2.05) is 54.3 Å². The third kappa shape index (κ3) is 3.31. The van der Waals surface area contributed by atoms with Crippen LogP contribution in [0.25, 0.3) is 11.3 Å². The zero-order chi connectivity index (χ0) is 21.3. The number of rotatable bonds is 7. The van der Waals surface area contributed by atoms with Crippen LogP contribution in [0.3, 0.4) is 0 Å². The molecule has 0 fully saturated rings. The second-order valence-corrected chi connectivity index (χ2v) is 7.24. The summed E-state index contributed by atoms with van der Waals surface area (Å²) in [4.78, 5) is 15.0. The van der Waals surface area contributed by atoms with E-state index < -0.39 is 0 Å². The minimum atomic E-state index is -0.308. The van der Waals surface area contributed by atoms with Crippen molar-refractivity contribution in [2.45, 2.75) is 13.0 Å². The maximum Gasteiger partial charge on any atom is 0.273 e. The molecule has 1 unspecified atom stereocenters. The van der Waals surface area contributed by atoms with Crippen molar-refractivity contribution in [2.75, 3.05) is 34.5 Å². The minimum absolute atomic E-state index is 0.0901. The van der Waals surface area contributed by atoms with Crippen molar-refractivity contribution >= 4 is 5.91 Å². The molecule has 0 aliphatic carbocycles. The molecule has 2 heterocycles. The lowest BCUT2D eigenvalue weighted by Gasteiger charge is -2.26. The lowest BCUT2D eigenvalue weighted by Crippen LogP contribution is -2.32. The Labute approximate surface area is 175 Å². The molecule has 0 bridgehead atoms. The maximum atomic E-state index is 13.2. The van der Waals surface area contributed by atoms with Gasteiger partial charge in [0.2, 0.25) is 0 Å². The Morgan fingerprint density at radius 2 is 1.77 bits per heavy atom. The Bertz CT molecular complexity index is 1060. The third-order valence-electron chi connectivity index (χ3n) is 5.45. The highest BCUT2D eigenvalue weighted by molar-refractivity contribution is 6.00. The first-order valence-corrected chi connectivity index (χ1v) is 9.76. The Kier molecular flexibility index (Phi) is 5.46. The summed E-state index contributed by atoms with van der Waals surface area (Å²) in [5, 5.41) is 7.46. The van der Waals surface area contributed by atoms with Crippen molar-refractivity contribution in [3.63, 3.8) is 0 Å². The zero-order valence-corrected chi connectivity index (χ0v) is 17.6. The molecular weight excluding hydrogens is 382 g/mol. The molecule has 1 amide bonds.